The minimum atomic E-state index is 0.279. The van der Waals surface area contributed by atoms with Crippen molar-refractivity contribution in [1.29, 1.82) is 0 Å². The molecule has 1 rings (SSSR count). The number of hydrogen-bond acceptors (Lipinski definition) is 3. The minimum Gasteiger partial charge on any atom is -0.497 e. The summed E-state index contributed by atoms with van der Waals surface area (Å²) in [7, 11) is 1.68. The molecule has 1 unspecified atom stereocenters. The van der Waals surface area contributed by atoms with Crippen molar-refractivity contribution in [2.24, 2.45) is 5.92 Å². The lowest BCUT2D eigenvalue weighted by Crippen LogP contribution is -2.31. The lowest BCUT2D eigenvalue weighted by atomic mass is 10.2. The number of ether oxygens (including phenoxy) is 2. The molecule has 0 aliphatic rings. The second-order valence-electron chi connectivity index (χ2n) is 5.24. The molecule has 0 radical (unpaired) electrons. The molecule has 0 fully saturated rings. The SMILES string of the molecule is CCC(CNCC(C)C)OCc1ccc(OC)cc1. The summed E-state index contributed by atoms with van der Waals surface area (Å²) in [6.07, 6.45) is 1.31. The summed E-state index contributed by atoms with van der Waals surface area (Å²) in [5, 5.41) is 3.45. The lowest BCUT2D eigenvalue weighted by Gasteiger charge is -2.18. The Labute approximate surface area is 117 Å². The Balaban J connectivity index is 2.31. The fraction of sp³-hybridized carbons (Fsp3) is 0.625. The Morgan fingerprint density at radius 1 is 1.11 bits per heavy atom. The van der Waals surface area contributed by atoms with Gasteiger partial charge in [-0.25, -0.2) is 0 Å². The van der Waals surface area contributed by atoms with Crippen LogP contribution in [-0.2, 0) is 11.3 Å². The highest BCUT2D eigenvalue weighted by molar-refractivity contribution is 5.26. The third-order valence-electron chi connectivity index (χ3n) is 3.02. The van der Waals surface area contributed by atoms with E-state index in [0.29, 0.717) is 12.5 Å². The van der Waals surface area contributed by atoms with Crippen molar-refractivity contribution < 1.29 is 9.47 Å². The Morgan fingerprint density at radius 3 is 2.32 bits per heavy atom. The average Bonchev–Trinajstić information content (AvgIpc) is 2.42. The Kier molecular flexibility index (Phi) is 7.53. The van der Waals surface area contributed by atoms with Crippen molar-refractivity contribution in [2.75, 3.05) is 20.2 Å². The van der Waals surface area contributed by atoms with Crippen LogP contribution in [0.4, 0.5) is 0 Å². The molecule has 3 nitrogen and oxygen atoms in total. The van der Waals surface area contributed by atoms with Crippen LogP contribution in [0.3, 0.4) is 0 Å². The van der Waals surface area contributed by atoms with Crippen LogP contribution in [0.25, 0.3) is 0 Å². The van der Waals surface area contributed by atoms with E-state index in [1.54, 1.807) is 7.11 Å². The van der Waals surface area contributed by atoms with Crippen molar-refractivity contribution in [3.05, 3.63) is 29.8 Å². The van der Waals surface area contributed by atoms with E-state index in [0.717, 1.165) is 25.3 Å². The van der Waals surface area contributed by atoms with Gasteiger partial charge in [0.1, 0.15) is 5.75 Å². The number of nitrogens with one attached hydrogen (secondary N) is 1. The minimum absolute atomic E-state index is 0.279. The fourth-order valence-corrected chi connectivity index (χ4v) is 1.79. The molecule has 0 amide bonds. The van der Waals surface area contributed by atoms with Crippen molar-refractivity contribution >= 4 is 0 Å². The third kappa shape index (κ3) is 6.60. The van der Waals surface area contributed by atoms with E-state index in [2.05, 4.69) is 26.1 Å². The molecule has 0 heterocycles. The highest BCUT2D eigenvalue weighted by Gasteiger charge is 2.07. The summed E-state index contributed by atoms with van der Waals surface area (Å²) in [6.45, 7) is 9.22. The molecule has 1 aromatic carbocycles. The van der Waals surface area contributed by atoms with Gasteiger partial charge in [0.15, 0.2) is 0 Å². The third-order valence-corrected chi connectivity index (χ3v) is 3.02. The van der Waals surface area contributed by atoms with Gasteiger partial charge in [0.2, 0.25) is 0 Å². The second kappa shape index (κ2) is 8.94. The first-order valence-electron chi connectivity index (χ1n) is 7.11. The number of methoxy groups -OCH3 is 1. The molecule has 0 saturated carbocycles. The monoisotopic (exact) mass is 265 g/mol. The fourth-order valence-electron chi connectivity index (χ4n) is 1.79. The predicted octanol–water partition coefficient (Wildman–Crippen LogP) is 3.24. The average molecular weight is 265 g/mol. The maximum Gasteiger partial charge on any atom is 0.118 e. The highest BCUT2D eigenvalue weighted by atomic mass is 16.5. The number of hydrogen-bond donors (Lipinski definition) is 1. The van der Waals surface area contributed by atoms with Crippen LogP contribution in [0.15, 0.2) is 24.3 Å². The summed E-state index contributed by atoms with van der Waals surface area (Å²) in [4.78, 5) is 0. The molecule has 3 heteroatoms. The summed E-state index contributed by atoms with van der Waals surface area (Å²) in [5.74, 6) is 1.56. The smallest absolute Gasteiger partial charge is 0.118 e. The quantitative estimate of drug-likeness (QED) is 0.743. The van der Waals surface area contributed by atoms with Crippen molar-refractivity contribution in [2.45, 2.75) is 39.9 Å². The van der Waals surface area contributed by atoms with Gasteiger partial charge in [-0.05, 0) is 36.6 Å². The van der Waals surface area contributed by atoms with Crippen LogP contribution < -0.4 is 10.1 Å². The second-order valence-corrected chi connectivity index (χ2v) is 5.24. The van der Waals surface area contributed by atoms with E-state index in [-0.39, 0.29) is 6.10 Å². The van der Waals surface area contributed by atoms with Gasteiger partial charge in [0.25, 0.3) is 0 Å². The molecule has 0 aliphatic heterocycles. The zero-order chi connectivity index (χ0) is 14.1. The summed E-state index contributed by atoms with van der Waals surface area (Å²) >= 11 is 0. The van der Waals surface area contributed by atoms with Gasteiger partial charge in [0, 0.05) is 6.54 Å². The van der Waals surface area contributed by atoms with Crippen LogP contribution in [-0.4, -0.2) is 26.3 Å². The molecule has 1 aromatic rings. The molecular weight excluding hydrogens is 238 g/mol. The number of rotatable bonds is 9. The molecule has 0 saturated heterocycles. The van der Waals surface area contributed by atoms with Gasteiger partial charge >= 0.3 is 0 Å². The first-order valence-corrected chi connectivity index (χ1v) is 7.11. The molecule has 0 spiro atoms. The van der Waals surface area contributed by atoms with Crippen LogP contribution >= 0.6 is 0 Å². The van der Waals surface area contributed by atoms with Gasteiger partial charge in [-0.1, -0.05) is 32.9 Å². The Bertz CT molecular complexity index is 335. The van der Waals surface area contributed by atoms with E-state index in [1.165, 1.54) is 5.56 Å². The van der Waals surface area contributed by atoms with Crippen LogP contribution in [0, 0.1) is 5.92 Å². The van der Waals surface area contributed by atoms with Crippen molar-refractivity contribution in [3.8, 4) is 5.75 Å². The Hall–Kier alpha value is -1.06. The molecule has 108 valence electrons. The lowest BCUT2D eigenvalue weighted by molar-refractivity contribution is 0.0381. The van der Waals surface area contributed by atoms with E-state index >= 15 is 0 Å². The van der Waals surface area contributed by atoms with Crippen molar-refractivity contribution in [3.63, 3.8) is 0 Å². The van der Waals surface area contributed by atoms with E-state index < -0.39 is 0 Å². The topological polar surface area (TPSA) is 30.5 Å². The molecule has 1 atom stereocenters. The normalized spacial score (nSPS) is 12.7. The summed E-state index contributed by atoms with van der Waals surface area (Å²) < 4.78 is 11.1. The van der Waals surface area contributed by atoms with Gasteiger partial charge in [-0.15, -0.1) is 0 Å². The van der Waals surface area contributed by atoms with Gasteiger partial charge in [-0.2, -0.15) is 0 Å². The van der Waals surface area contributed by atoms with Gasteiger partial charge in [0.05, 0.1) is 19.8 Å². The van der Waals surface area contributed by atoms with Crippen molar-refractivity contribution in [1.82, 2.24) is 5.32 Å². The predicted molar refractivity (Wildman–Crippen MR) is 79.6 cm³/mol. The van der Waals surface area contributed by atoms with Gasteiger partial charge in [-0.3, -0.25) is 0 Å². The van der Waals surface area contributed by atoms with Crippen LogP contribution in [0.5, 0.6) is 5.75 Å². The zero-order valence-electron chi connectivity index (χ0n) is 12.6. The van der Waals surface area contributed by atoms with Crippen LogP contribution in [0.2, 0.25) is 0 Å². The van der Waals surface area contributed by atoms with Gasteiger partial charge < -0.3 is 14.8 Å². The largest absolute Gasteiger partial charge is 0.497 e. The molecule has 0 aliphatic carbocycles. The maximum absolute atomic E-state index is 5.93. The van der Waals surface area contributed by atoms with Crippen LogP contribution in [0.1, 0.15) is 32.8 Å². The van der Waals surface area contributed by atoms with E-state index in [4.69, 9.17) is 9.47 Å². The zero-order valence-corrected chi connectivity index (χ0v) is 12.6. The highest BCUT2D eigenvalue weighted by Crippen LogP contribution is 2.13. The first kappa shape index (κ1) is 16.0. The molecule has 0 bridgehead atoms. The number of benzene rings is 1. The first-order chi connectivity index (χ1) is 9.15. The summed E-state index contributed by atoms with van der Waals surface area (Å²) in [5.41, 5.74) is 1.18. The molecule has 1 N–H and O–H groups in total. The summed E-state index contributed by atoms with van der Waals surface area (Å²) in [6, 6.07) is 8.04. The standard InChI is InChI=1S/C16H27NO2/c1-5-15(11-17-10-13(2)3)19-12-14-6-8-16(18-4)9-7-14/h6-9,13,15,17H,5,10-12H2,1-4H3. The molecule has 19 heavy (non-hydrogen) atoms. The Morgan fingerprint density at radius 2 is 1.79 bits per heavy atom. The van der Waals surface area contributed by atoms with E-state index in [9.17, 15) is 0 Å². The molecular formula is C16H27NO2. The maximum atomic E-state index is 5.93. The molecule has 0 aromatic heterocycles. The van der Waals surface area contributed by atoms with E-state index in [1.807, 2.05) is 24.3 Å².